The van der Waals surface area contributed by atoms with E-state index >= 15 is 0 Å². The molecule has 2 rings (SSSR count). The second-order valence-corrected chi connectivity index (χ2v) is 2.47. The van der Waals surface area contributed by atoms with E-state index in [1.54, 1.807) is 17.9 Å². The first-order chi connectivity index (χ1) is 6.43. The Morgan fingerprint density at radius 1 is 0.923 bits per heavy atom. The highest BCUT2D eigenvalue weighted by Crippen LogP contribution is 1.82. The predicted octanol–water partition coefficient (Wildman–Crippen LogP) is 2.38. The van der Waals surface area contributed by atoms with Gasteiger partial charge in [-0.25, -0.2) is 0 Å². The number of aromatic nitrogens is 2. The van der Waals surface area contributed by atoms with Crippen LogP contribution >= 0.6 is 12.2 Å². The summed E-state index contributed by atoms with van der Waals surface area (Å²) in [7, 11) is 0. The van der Waals surface area contributed by atoms with E-state index in [2.05, 4.69) is 17.2 Å². The second-order valence-electron chi connectivity index (χ2n) is 2.26. The van der Waals surface area contributed by atoms with Gasteiger partial charge < -0.3 is 4.57 Å². The van der Waals surface area contributed by atoms with Crippen LogP contribution in [0.1, 0.15) is 0 Å². The van der Waals surface area contributed by atoms with Crippen molar-refractivity contribution in [1.29, 1.82) is 0 Å². The van der Waals surface area contributed by atoms with Gasteiger partial charge in [-0.05, 0) is 24.3 Å². The van der Waals surface area contributed by atoms with Crippen LogP contribution in [-0.2, 0) is 0 Å². The molecule has 0 radical (unpaired) electrons. The molecule has 0 aliphatic carbocycles. The van der Waals surface area contributed by atoms with Crippen molar-refractivity contribution in [3.8, 4) is 0 Å². The second kappa shape index (κ2) is 6.08. The lowest BCUT2D eigenvalue weighted by Gasteiger charge is -1.81. The van der Waals surface area contributed by atoms with Gasteiger partial charge >= 0.3 is 0 Å². The Kier molecular flexibility index (Phi) is 4.49. The maximum Gasteiger partial charge on any atom is 0.0721 e. The molecular formula is C10H10N2S. The fraction of sp³-hybridized carbons (Fsp3) is 0. The lowest BCUT2D eigenvalue weighted by atomic mass is 10.5. The molecule has 2 aromatic heterocycles. The Morgan fingerprint density at radius 3 is 1.77 bits per heavy atom. The molecule has 0 aliphatic rings. The van der Waals surface area contributed by atoms with Gasteiger partial charge in [0.15, 0.2) is 0 Å². The van der Waals surface area contributed by atoms with E-state index in [9.17, 15) is 0 Å². The topological polar surface area (TPSA) is 17.8 Å². The van der Waals surface area contributed by atoms with Gasteiger partial charge in [-0.3, -0.25) is 4.98 Å². The zero-order valence-electron chi connectivity index (χ0n) is 7.08. The van der Waals surface area contributed by atoms with E-state index in [1.807, 2.05) is 47.3 Å². The summed E-state index contributed by atoms with van der Waals surface area (Å²) in [4.78, 5) is 3.78. The van der Waals surface area contributed by atoms with Crippen LogP contribution < -0.4 is 0 Å². The van der Waals surface area contributed by atoms with Crippen molar-refractivity contribution in [2.75, 3.05) is 0 Å². The number of rotatable bonds is 1. The van der Waals surface area contributed by atoms with Crippen LogP contribution in [0.4, 0.5) is 0 Å². The van der Waals surface area contributed by atoms with E-state index in [0.29, 0.717) is 0 Å². The molecule has 0 aliphatic heterocycles. The minimum atomic E-state index is 1.58. The van der Waals surface area contributed by atoms with Crippen LogP contribution in [-0.4, -0.2) is 15.0 Å². The van der Waals surface area contributed by atoms with Crippen LogP contribution in [0.5, 0.6) is 0 Å². The maximum atomic E-state index is 4.61. The SMILES string of the molecule is S=Cn1cccc1.c1ccncc1. The normalized spacial score (nSPS) is 8.31. The number of hydrogen-bond acceptors (Lipinski definition) is 2. The molecule has 13 heavy (non-hydrogen) atoms. The molecule has 0 fully saturated rings. The fourth-order valence-corrected chi connectivity index (χ4v) is 0.871. The average Bonchev–Trinajstić information content (AvgIpc) is 2.74. The van der Waals surface area contributed by atoms with E-state index in [0.717, 1.165) is 0 Å². The van der Waals surface area contributed by atoms with E-state index in [-0.39, 0.29) is 0 Å². The summed E-state index contributed by atoms with van der Waals surface area (Å²) in [6.45, 7) is 0. The third kappa shape index (κ3) is 4.18. The molecule has 66 valence electrons. The molecule has 0 bridgehead atoms. The van der Waals surface area contributed by atoms with E-state index in [4.69, 9.17) is 0 Å². The zero-order valence-corrected chi connectivity index (χ0v) is 7.89. The summed E-state index contributed by atoms with van der Waals surface area (Å²) in [5.74, 6) is 0. The predicted molar refractivity (Wildman–Crippen MR) is 57.7 cm³/mol. The molecule has 2 heterocycles. The summed E-state index contributed by atoms with van der Waals surface area (Å²) in [6, 6.07) is 9.58. The van der Waals surface area contributed by atoms with Gasteiger partial charge in [0, 0.05) is 24.8 Å². The van der Waals surface area contributed by atoms with Crippen LogP contribution in [0.2, 0.25) is 0 Å². The van der Waals surface area contributed by atoms with Gasteiger partial charge in [-0.1, -0.05) is 18.3 Å². The first-order valence-electron chi connectivity index (χ1n) is 3.86. The van der Waals surface area contributed by atoms with E-state index in [1.165, 1.54) is 0 Å². The lowest BCUT2D eigenvalue weighted by Crippen LogP contribution is -1.83. The third-order valence-electron chi connectivity index (χ3n) is 1.32. The minimum Gasteiger partial charge on any atom is -0.321 e. The molecule has 0 saturated heterocycles. The third-order valence-corrected chi connectivity index (χ3v) is 1.56. The first kappa shape index (κ1) is 9.61. The van der Waals surface area contributed by atoms with E-state index < -0.39 is 0 Å². The molecule has 3 heteroatoms. The molecule has 0 amide bonds. The van der Waals surface area contributed by atoms with Crippen LogP contribution in [0.25, 0.3) is 0 Å². The molecule has 0 saturated carbocycles. The molecule has 0 atom stereocenters. The quantitative estimate of drug-likeness (QED) is 0.642. The summed E-state index contributed by atoms with van der Waals surface area (Å²) >= 11 is 4.61. The smallest absolute Gasteiger partial charge is 0.0721 e. The van der Waals surface area contributed by atoms with Crippen LogP contribution in [0, 0.1) is 0 Å². The maximum absolute atomic E-state index is 4.61. The van der Waals surface area contributed by atoms with Crippen molar-refractivity contribution in [3.05, 3.63) is 55.1 Å². The van der Waals surface area contributed by atoms with Crippen molar-refractivity contribution in [2.45, 2.75) is 0 Å². The zero-order chi connectivity index (χ0) is 9.36. The monoisotopic (exact) mass is 190 g/mol. The highest BCUT2D eigenvalue weighted by molar-refractivity contribution is 7.78. The summed E-state index contributed by atoms with van der Waals surface area (Å²) in [6.07, 6.45) is 7.29. The van der Waals surface area contributed by atoms with Gasteiger partial charge in [0.25, 0.3) is 0 Å². The molecule has 2 aromatic rings. The lowest BCUT2D eigenvalue weighted by molar-refractivity contribution is 1.23. The molecule has 2 nitrogen and oxygen atoms in total. The standard InChI is InChI=1S/C5H5NS.C5H5N/c7-5-6-3-1-2-4-6;1-2-4-6-5-3-1/h1-5H;1-5H. The van der Waals surface area contributed by atoms with Gasteiger partial charge in [-0.2, -0.15) is 0 Å². The number of pyridine rings is 1. The fourth-order valence-electron chi connectivity index (χ4n) is 0.731. The van der Waals surface area contributed by atoms with Gasteiger partial charge in [0.05, 0.1) is 5.49 Å². The Hall–Kier alpha value is -1.48. The number of nitrogens with zero attached hydrogens (tertiary/aromatic N) is 2. The summed E-state index contributed by atoms with van der Waals surface area (Å²) < 4.78 is 1.81. The summed E-state index contributed by atoms with van der Waals surface area (Å²) in [5, 5.41) is 0. The van der Waals surface area contributed by atoms with Crippen LogP contribution in [0.15, 0.2) is 55.1 Å². The van der Waals surface area contributed by atoms with Crippen LogP contribution in [0.3, 0.4) is 0 Å². The van der Waals surface area contributed by atoms with Gasteiger partial charge in [0.1, 0.15) is 0 Å². The Morgan fingerprint density at radius 2 is 1.54 bits per heavy atom. The average molecular weight is 190 g/mol. The van der Waals surface area contributed by atoms with Crippen molar-refractivity contribution in [3.63, 3.8) is 0 Å². The number of hydrogen-bond donors (Lipinski definition) is 0. The van der Waals surface area contributed by atoms with Crippen molar-refractivity contribution >= 4 is 17.7 Å². The van der Waals surface area contributed by atoms with Crippen molar-refractivity contribution < 1.29 is 0 Å². The Bertz CT molecular complexity index is 289. The molecule has 0 aromatic carbocycles. The van der Waals surface area contributed by atoms with Crippen molar-refractivity contribution in [2.24, 2.45) is 0 Å². The first-order valence-corrected chi connectivity index (χ1v) is 4.33. The largest absolute Gasteiger partial charge is 0.321 e. The van der Waals surface area contributed by atoms with Crippen molar-refractivity contribution in [1.82, 2.24) is 9.55 Å². The Balaban J connectivity index is 0.000000132. The highest BCUT2D eigenvalue weighted by atomic mass is 32.1. The van der Waals surface area contributed by atoms with Gasteiger partial charge in [-0.15, -0.1) is 0 Å². The summed E-state index contributed by atoms with van der Waals surface area (Å²) in [5.41, 5.74) is 1.58. The minimum absolute atomic E-state index is 1.58. The molecular weight excluding hydrogens is 180 g/mol. The van der Waals surface area contributed by atoms with Gasteiger partial charge in [0.2, 0.25) is 0 Å². The molecule has 0 N–H and O–H groups in total. The number of thiocarbonyl (C=S) groups is 1. The molecule has 0 spiro atoms. The molecule has 0 unspecified atom stereocenters. The highest BCUT2D eigenvalue weighted by Gasteiger charge is 1.73. The Labute approximate surface area is 82.9 Å².